The third kappa shape index (κ3) is 4.13. The second-order valence-corrected chi connectivity index (χ2v) is 21.0. The fraction of sp³-hybridized carbons (Fsp3) is 0.860. The molecule has 5 saturated carbocycles. The van der Waals surface area contributed by atoms with Crippen molar-refractivity contribution in [2.24, 2.45) is 73.4 Å². The number of carbonyl (C=O) groups is 2. The molecule has 0 amide bonds. The van der Waals surface area contributed by atoms with E-state index in [1.54, 1.807) is 7.11 Å². The summed E-state index contributed by atoms with van der Waals surface area (Å²) in [7, 11) is 1.73. The van der Waals surface area contributed by atoms with E-state index in [4.69, 9.17) is 14.2 Å². The van der Waals surface area contributed by atoms with Crippen molar-refractivity contribution < 1.29 is 49.3 Å². The highest BCUT2D eigenvalue weighted by atomic mass is 16.7. The number of rotatable bonds is 6. The zero-order valence-corrected chi connectivity index (χ0v) is 33.1. The number of hydrogen-bond donors (Lipinski definition) is 6. The Morgan fingerprint density at radius 3 is 2.39 bits per heavy atom. The number of piperidine rings is 1. The lowest BCUT2D eigenvalue weighted by Gasteiger charge is -2.80. The maximum atomic E-state index is 14.2. The van der Waals surface area contributed by atoms with Crippen LogP contribution in [0.2, 0.25) is 0 Å². The van der Waals surface area contributed by atoms with E-state index in [0.29, 0.717) is 30.9 Å². The van der Waals surface area contributed by atoms with Gasteiger partial charge in [0.15, 0.2) is 12.4 Å². The number of aliphatic hydroxyl groups is 3. The number of nitrogens with one attached hydrogen (secondary N) is 1. The predicted molar refractivity (Wildman–Crippen MR) is 197 cm³/mol. The maximum Gasteiger partial charge on any atom is 0.335 e. The van der Waals surface area contributed by atoms with Crippen LogP contribution in [-0.4, -0.2) is 101 Å². The Balaban J connectivity index is 1.14. The zero-order chi connectivity index (χ0) is 38.8. The third-order valence-electron chi connectivity index (χ3n) is 19.0. The third-order valence-corrected chi connectivity index (χ3v) is 19.0. The molecule has 54 heavy (non-hydrogen) atoms. The Bertz CT molecular complexity index is 1680. The second kappa shape index (κ2) is 11.6. The van der Waals surface area contributed by atoms with E-state index in [0.717, 1.165) is 51.4 Å². The number of ether oxygens (including phenoxy) is 3. The van der Waals surface area contributed by atoms with Gasteiger partial charge in [0.1, 0.15) is 18.3 Å². The highest BCUT2D eigenvalue weighted by Crippen LogP contribution is 2.84. The van der Waals surface area contributed by atoms with E-state index in [1.165, 1.54) is 5.57 Å². The number of methoxy groups -OCH3 is 1. The summed E-state index contributed by atoms with van der Waals surface area (Å²) in [5.74, 6) is -0.968. The Hall–Kier alpha value is -1.86. The van der Waals surface area contributed by atoms with Crippen LogP contribution in [0.25, 0.3) is 0 Å². The van der Waals surface area contributed by atoms with Crippen molar-refractivity contribution in [1.82, 2.24) is 5.32 Å². The van der Waals surface area contributed by atoms with E-state index in [1.807, 2.05) is 0 Å². The number of fused-ring (bicyclic) bond motifs is 2. The Morgan fingerprint density at radius 1 is 0.963 bits per heavy atom. The number of hydrogen-bond acceptors (Lipinski definition) is 9. The number of allylic oxidation sites excluding steroid dienone is 2. The summed E-state index contributed by atoms with van der Waals surface area (Å²) < 4.78 is 18.1. The molecular formula is C43H63NO10. The SMILES string of the molecule is COCC1CC2(C)CC=CC34C5=CC6CCC7CC(OC8OC(C(=O)O)C(O)C(O)C8O)C(C)(C)C8CCC(C)(C6C78C)C5(C)CC(CNC23)C14C(=O)O. The number of aliphatic carboxylic acids is 2. The number of carboxylic acids is 2. The minimum atomic E-state index is -1.76. The van der Waals surface area contributed by atoms with Crippen molar-refractivity contribution in [2.75, 3.05) is 20.3 Å². The minimum Gasteiger partial charge on any atom is -0.481 e. The standard InChI is InChI=1S/C43H63NO10/c1-37(2)25-11-14-39(4)32-21(9-10-22(41(25,32)6)16-27(37)53-34-30(47)28(45)29(46)31(54-34)33(48)49)15-26-40(39,5)18-23-19-44-35-38(3)12-8-13-42(26,35)43(23,36(50)51)24(17-38)20-52-7/h8,13,15,21-25,27-32,34-35,44-47H,9-12,14,16-20H2,1-7H3,(H,48,49)(H,50,51). The van der Waals surface area contributed by atoms with E-state index in [-0.39, 0.29) is 57.0 Å². The fourth-order valence-electron chi connectivity index (χ4n) is 17.0. The monoisotopic (exact) mass is 753 g/mol. The van der Waals surface area contributed by atoms with Crippen molar-refractivity contribution >= 4 is 11.9 Å². The van der Waals surface area contributed by atoms with E-state index < -0.39 is 53.5 Å². The normalized spacial score (nSPS) is 57.6. The van der Waals surface area contributed by atoms with Crippen LogP contribution >= 0.6 is 0 Å². The van der Waals surface area contributed by atoms with Crippen molar-refractivity contribution in [3.8, 4) is 0 Å². The van der Waals surface area contributed by atoms with Gasteiger partial charge in [-0.2, -0.15) is 0 Å². The second-order valence-electron chi connectivity index (χ2n) is 21.0. The topological polar surface area (TPSA) is 175 Å². The van der Waals surface area contributed by atoms with Crippen LogP contribution in [0, 0.1) is 73.4 Å². The summed E-state index contributed by atoms with van der Waals surface area (Å²) in [4.78, 5) is 26.2. The van der Waals surface area contributed by atoms with Gasteiger partial charge in [0.25, 0.3) is 0 Å². The molecule has 2 aliphatic heterocycles. The molecule has 7 fully saturated rings. The van der Waals surface area contributed by atoms with Gasteiger partial charge in [0.2, 0.25) is 0 Å². The molecule has 7 aliphatic carbocycles. The van der Waals surface area contributed by atoms with Crippen LogP contribution in [0.4, 0.5) is 0 Å². The number of aliphatic hydroxyl groups excluding tert-OH is 3. The van der Waals surface area contributed by atoms with Crippen LogP contribution in [0.5, 0.6) is 0 Å². The van der Waals surface area contributed by atoms with Gasteiger partial charge < -0.3 is 45.1 Å². The van der Waals surface area contributed by atoms with E-state index >= 15 is 0 Å². The quantitative estimate of drug-likeness (QED) is 0.168. The smallest absolute Gasteiger partial charge is 0.335 e. The molecule has 0 aromatic heterocycles. The molecule has 1 spiro atoms. The lowest BCUT2D eigenvalue weighted by atomic mass is 9.24. The summed E-state index contributed by atoms with van der Waals surface area (Å²) >= 11 is 0. The van der Waals surface area contributed by atoms with Crippen LogP contribution in [-0.2, 0) is 23.8 Å². The van der Waals surface area contributed by atoms with Gasteiger partial charge in [-0.25, -0.2) is 4.79 Å². The van der Waals surface area contributed by atoms with Gasteiger partial charge in [0, 0.05) is 24.5 Å². The maximum absolute atomic E-state index is 14.2. The molecule has 0 aromatic carbocycles. The summed E-state index contributed by atoms with van der Waals surface area (Å²) in [5.41, 5.74) is -1.03. The predicted octanol–water partition coefficient (Wildman–Crippen LogP) is 4.39. The summed E-state index contributed by atoms with van der Waals surface area (Å²) in [6.45, 7) is 15.6. The average Bonchev–Trinajstić information content (AvgIpc) is 3.08. The molecule has 2 heterocycles. The van der Waals surface area contributed by atoms with Gasteiger partial charge in [0.05, 0.1) is 18.1 Å². The molecule has 9 aliphatic rings. The molecule has 2 saturated heterocycles. The van der Waals surface area contributed by atoms with Crippen LogP contribution < -0.4 is 5.32 Å². The van der Waals surface area contributed by atoms with Gasteiger partial charge in [-0.15, -0.1) is 0 Å². The Labute approximate surface area is 319 Å². The molecule has 0 radical (unpaired) electrons. The van der Waals surface area contributed by atoms with Crippen molar-refractivity contribution in [1.29, 1.82) is 0 Å². The van der Waals surface area contributed by atoms with Crippen molar-refractivity contribution in [2.45, 2.75) is 136 Å². The molecule has 11 nitrogen and oxygen atoms in total. The molecule has 0 aromatic rings. The largest absolute Gasteiger partial charge is 0.481 e. The molecule has 11 heteroatoms. The summed E-state index contributed by atoms with van der Waals surface area (Å²) in [6.07, 6.45) is 6.10. The molecular weight excluding hydrogens is 690 g/mol. The first-order valence-electron chi connectivity index (χ1n) is 20.7. The van der Waals surface area contributed by atoms with Crippen LogP contribution in [0.15, 0.2) is 23.8 Å². The summed E-state index contributed by atoms with van der Waals surface area (Å²) in [6, 6.07) is 0.0361. The van der Waals surface area contributed by atoms with Gasteiger partial charge in [-0.3, -0.25) is 4.79 Å². The Kier molecular flexibility index (Phi) is 8.12. The Morgan fingerprint density at radius 2 is 1.70 bits per heavy atom. The lowest BCUT2D eigenvalue weighted by molar-refractivity contribution is -0.333. The highest BCUT2D eigenvalue weighted by Gasteiger charge is 2.82. The van der Waals surface area contributed by atoms with Gasteiger partial charge in [-0.05, 0) is 115 Å². The first kappa shape index (κ1) is 37.7. The van der Waals surface area contributed by atoms with Crippen LogP contribution in [0.1, 0.15) is 92.9 Å². The lowest BCUT2D eigenvalue weighted by Crippen LogP contribution is -2.82. The van der Waals surface area contributed by atoms with E-state index in [9.17, 15) is 35.1 Å². The first-order chi connectivity index (χ1) is 25.3. The molecule has 19 unspecified atom stereocenters. The van der Waals surface area contributed by atoms with Gasteiger partial charge in [-0.1, -0.05) is 65.3 Å². The fourth-order valence-corrected chi connectivity index (χ4v) is 17.0. The molecule has 6 N–H and O–H groups in total. The van der Waals surface area contributed by atoms with E-state index in [2.05, 4.69) is 65.1 Å². The molecule has 300 valence electrons. The average molecular weight is 754 g/mol. The molecule has 19 atom stereocenters. The molecule has 9 rings (SSSR count). The first-order valence-corrected chi connectivity index (χ1v) is 20.7. The zero-order valence-electron chi connectivity index (χ0n) is 33.1. The van der Waals surface area contributed by atoms with Crippen molar-refractivity contribution in [3.05, 3.63) is 23.8 Å². The van der Waals surface area contributed by atoms with Crippen LogP contribution in [0.3, 0.4) is 0 Å². The molecule has 5 bridgehead atoms. The van der Waals surface area contributed by atoms with Crippen molar-refractivity contribution in [3.63, 3.8) is 0 Å². The number of carboxylic acid groups (broad SMARTS) is 2. The minimum absolute atomic E-state index is 0.0361. The van der Waals surface area contributed by atoms with Gasteiger partial charge >= 0.3 is 11.9 Å². The summed E-state index contributed by atoms with van der Waals surface area (Å²) in [5, 5.41) is 57.3. The highest BCUT2D eigenvalue weighted by molar-refractivity contribution is 5.81.